The molecule has 0 aliphatic carbocycles. The third-order valence-electron chi connectivity index (χ3n) is 2.86. The Hall–Kier alpha value is -2.40. The summed E-state index contributed by atoms with van der Waals surface area (Å²) < 4.78 is 19.0. The Balaban J connectivity index is 2.19. The van der Waals surface area contributed by atoms with E-state index in [-0.39, 0.29) is 12.4 Å². The summed E-state index contributed by atoms with van der Waals surface area (Å²) in [7, 11) is 0. The molecule has 2 rings (SSSR count). The van der Waals surface area contributed by atoms with Gasteiger partial charge in [-0.05, 0) is 30.7 Å². The van der Waals surface area contributed by atoms with Crippen molar-refractivity contribution >= 4 is 5.91 Å². The smallest absolute Gasteiger partial charge is 0.265 e. The van der Waals surface area contributed by atoms with Crippen LogP contribution in [0.15, 0.2) is 42.5 Å². The molecule has 0 bridgehead atoms. The van der Waals surface area contributed by atoms with Crippen molar-refractivity contribution < 1.29 is 13.9 Å². The second kappa shape index (κ2) is 6.16. The van der Waals surface area contributed by atoms with Crippen LogP contribution in [0.1, 0.15) is 21.5 Å². The molecule has 0 saturated heterocycles. The van der Waals surface area contributed by atoms with Crippen molar-refractivity contribution in [2.75, 3.05) is 0 Å². The minimum Gasteiger partial charge on any atom is -0.486 e. The highest BCUT2D eigenvalue weighted by atomic mass is 19.1. The van der Waals surface area contributed by atoms with Gasteiger partial charge in [-0.3, -0.25) is 10.2 Å². The van der Waals surface area contributed by atoms with Crippen LogP contribution in [-0.4, -0.2) is 5.91 Å². The van der Waals surface area contributed by atoms with Gasteiger partial charge in [0.05, 0.1) is 0 Å². The fourth-order valence-electron chi connectivity index (χ4n) is 1.82. The molecule has 5 heteroatoms. The van der Waals surface area contributed by atoms with Gasteiger partial charge in [0, 0.05) is 11.1 Å². The highest BCUT2D eigenvalue weighted by Gasteiger charge is 2.11. The standard InChI is InChI=1S/C15H15FN2O2/c1-10-6-7-13(16)14(8-10)20-9-11-4-2-3-5-12(11)15(19)18-17/h2-8H,9,17H2,1H3,(H,18,19). The lowest BCUT2D eigenvalue weighted by Gasteiger charge is -2.11. The molecule has 0 saturated carbocycles. The Morgan fingerprint density at radius 1 is 1.30 bits per heavy atom. The fraction of sp³-hybridized carbons (Fsp3) is 0.133. The Bertz CT molecular complexity index is 629. The molecule has 0 aliphatic rings. The van der Waals surface area contributed by atoms with Crippen LogP contribution < -0.4 is 16.0 Å². The molecule has 2 aromatic carbocycles. The molecule has 1 amide bonds. The molecule has 0 unspecified atom stereocenters. The zero-order valence-corrected chi connectivity index (χ0v) is 11.0. The van der Waals surface area contributed by atoms with Gasteiger partial charge in [0.1, 0.15) is 6.61 Å². The van der Waals surface area contributed by atoms with Crippen molar-refractivity contribution in [3.8, 4) is 5.75 Å². The van der Waals surface area contributed by atoms with Gasteiger partial charge in [-0.2, -0.15) is 0 Å². The number of carbonyl (C=O) groups excluding carboxylic acids is 1. The largest absolute Gasteiger partial charge is 0.486 e. The Morgan fingerprint density at radius 3 is 2.80 bits per heavy atom. The molecule has 0 atom stereocenters. The summed E-state index contributed by atoms with van der Waals surface area (Å²) in [5.41, 5.74) is 4.01. The number of amides is 1. The first-order chi connectivity index (χ1) is 9.61. The van der Waals surface area contributed by atoms with Crippen LogP contribution in [-0.2, 0) is 6.61 Å². The quantitative estimate of drug-likeness (QED) is 0.511. The molecule has 0 radical (unpaired) electrons. The summed E-state index contributed by atoms with van der Waals surface area (Å²) >= 11 is 0. The van der Waals surface area contributed by atoms with Gasteiger partial charge in [0.2, 0.25) is 0 Å². The number of nitrogens with two attached hydrogens (primary N) is 1. The molecular formula is C15H15FN2O2. The third kappa shape index (κ3) is 3.13. The van der Waals surface area contributed by atoms with Crippen LogP contribution in [0.2, 0.25) is 0 Å². The molecule has 104 valence electrons. The number of benzene rings is 2. The highest BCUT2D eigenvalue weighted by Crippen LogP contribution is 2.20. The van der Waals surface area contributed by atoms with E-state index in [0.29, 0.717) is 11.1 Å². The van der Waals surface area contributed by atoms with E-state index in [1.807, 2.05) is 6.92 Å². The third-order valence-corrected chi connectivity index (χ3v) is 2.86. The molecule has 0 aliphatic heterocycles. The molecule has 0 aromatic heterocycles. The first-order valence-electron chi connectivity index (χ1n) is 6.09. The Labute approximate surface area is 116 Å². The van der Waals surface area contributed by atoms with Crippen molar-refractivity contribution in [2.45, 2.75) is 13.5 Å². The van der Waals surface area contributed by atoms with E-state index >= 15 is 0 Å². The van der Waals surface area contributed by atoms with E-state index in [1.165, 1.54) is 6.07 Å². The van der Waals surface area contributed by atoms with Gasteiger partial charge in [0.25, 0.3) is 5.91 Å². The van der Waals surface area contributed by atoms with E-state index in [4.69, 9.17) is 10.6 Å². The summed E-state index contributed by atoms with van der Waals surface area (Å²) in [6.45, 7) is 1.94. The maximum Gasteiger partial charge on any atom is 0.265 e. The SMILES string of the molecule is Cc1ccc(F)c(OCc2ccccc2C(=O)NN)c1. The summed E-state index contributed by atoms with van der Waals surface area (Å²) in [6.07, 6.45) is 0. The number of nitrogens with one attached hydrogen (secondary N) is 1. The number of hydrazine groups is 1. The van der Waals surface area contributed by atoms with Crippen molar-refractivity contribution in [2.24, 2.45) is 5.84 Å². The number of nitrogen functional groups attached to an aromatic ring is 1. The lowest BCUT2D eigenvalue weighted by molar-refractivity contribution is 0.0951. The monoisotopic (exact) mass is 274 g/mol. The predicted octanol–water partition coefficient (Wildman–Crippen LogP) is 2.32. The number of hydrogen-bond donors (Lipinski definition) is 2. The summed E-state index contributed by atoms with van der Waals surface area (Å²) in [4.78, 5) is 11.6. The van der Waals surface area contributed by atoms with Crippen molar-refractivity contribution in [1.29, 1.82) is 0 Å². The molecule has 0 fully saturated rings. The van der Waals surface area contributed by atoms with Gasteiger partial charge in [-0.25, -0.2) is 10.2 Å². The molecule has 0 heterocycles. The van der Waals surface area contributed by atoms with E-state index < -0.39 is 11.7 Å². The molecule has 20 heavy (non-hydrogen) atoms. The van der Waals surface area contributed by atoms with E-state index in [9.17, 15) is 9.18 Å². The van der Waals surface area contributed by atoms with Gasteiger partial charge in [-0.15, -0.1) is 0 Å². The number of hydrogen-bond acceptors (Lipinski definition) is 3. The average Bonchev–Trinajstić information content (AvgIpc) is 2.47. The van der Waals surface area contributed by atoms with Gasteiger partial charge >= 0.3 is 0 Å². The first-order valence-corrected chi connectivity index (χ1v) is 6.09. The highest BCUT2D eigenvalue weighted by molar-refractivity contribution is 5.95. The summed E-state index contributed by atoms with van der Waals surface area (Å²) in [6, 6.07) is 11.5. The molecule has 2 aromatic rings. The lowest BCUT2D eigenvalue weighted by atomic mass is 10.1. The van der Waals surface area contributed by atoms with Crippen molar-refractivity contribution in [1.82, 2.24) is 5.43 Å². The Kier molecular flexibility index (Phi) is 4.32. The maximum absolute atomic E-state index is 13.6. The second-order valence-electron chi connectivity index (χ2n) is 4.35. The minimum atomic E-state index is -0.434. The van der Waals surface area contributed by atoms with E-state index in [1.54, 1.807) is 36.4 Å². The van der Waals surface area contributed by atoms with Crippen LogP contribution >= 0.6 is 0 Å². The Morgan fingerprint density at radius 2 is 2.05 bits per heavy atom. The molecule has 4 nitrogen and oxygen atoms in total. The fourth-order valence-corrected chi connectivity index (χ4v) is 1.82. The van der Waals surface area contributed by atoms with Crippen LogP contribution in [0.25, 0.3) is 0 Å². The van der Waals surface area contributed by atoms with Gasteiger partial charge in [0.15, 0.2) is 11.6 Å². The predicted molar refractivity (Wildman–Crippen MR) is 73.6 cm³/mol. The molecule has 0 spiro atoms. The van der Waals surface area contributed by atoms with Crippen LogP contribution in [0.3, 0.4) is 0 Å². The number of carbonyl (C=O) groups is 1. The topological polar surface area (TPSA) is 64.3 Å². The van der Waals surface area contributed by atoms with Crippen LogP contribution in [0.5, 0.6) is 5.75 Å². The number of ether oxygens (including phenoxy) is 1. The zero-order valence-electron chi connectivity index (χ0n) is 11.0. The second-order valence-corrected chi connectivity index (χ2v) is 4.35. The normalized spacial score (nSPS) is 10.2. The molecular weight excluding hydrogens is 259 g/mol. The van der Waals surface area contributed by atoms with E-state index in [2.05, 4.69) is 5.43 Å². The average molecular weight is 274 g/mol. The van der Waals surface area contributed by atoms with E-state index in [0.717, 1.165) is 5.56 Å². The van der Waals surface area contributed by atoms with Crippen LogP contribution in [0.4, 0.5) is 4.39 Å². The molecule has 3 N–H and O–H groups in total. The summed E-state index contributed by atoms with van der Waals surface area (Å²) in [5.74, 6) is 4.44. The summed E-state index contributed by atoms with van der Waals surface area (Å²) in [5, 5.41) is 0. The van der Waals surface area contributed by atoms with Gasteiger partial charge in [-0.1, -0.05) is 24.3 Å². The van der Waals surface area contributed by atoms with Gasteiger partial charge < -0.3 is 4.74 Å². The van der Waals surface area contributed by atoms with Crippen LogP contribution in [0, 0.1) is 12.7 Å². The minimum absolute atomic E-state index is 0.0873. The van der Waals surface area contributed by atoms with Crippen molar-refractivity contribution in [3.05, 3.63) is 65.0 Å². The maximum atomic E-state index is 13.6. The zero-order chi connectivity index (χ0) is 14.5. The number of aryl methyl sites for hydroxylation is 1. The number of halogens is 1. The lowest BCUT2D eigenvalue weighted by Crippen LogP contribution is -2.30. The first kappa shape index (κ1) is 14.0. The van der Waals surface area contributed by atoms with Crippen molar-refractivity contribution in [3.63, 3.8) is 0 Å². The number of rotatable bonds is 4.